The molecule has 0 aliphatic carbocycles. The fraction of sp³-hybridized carbons (Fsp3) is 0.500. The van der Waals surface area contributed by atoms with E-state index in [4.69, 9.17) is 15.0 Å². The molecule has 0 unspecified atom stereocenters. The van der Waals surface area contributed by atoms with Crippen molar-refractivity contribution in [3.05, 3.63) is 40.9 Å². The summed E-state index contributed by atoms with van der Waals surface area (Å²) in [5.74, 6) is 0. The molecule has 0 aromatic heterocycles. The lowest BCUT2D eigenvalue weighted by Crippen LogP contribution is -2.41. The van der Waals surface area contributed by atoms with E-state index in [1.54, 1.807) is 12.1 Å². The minimum absolute atomic E-state index is 0.132. The first-order valence-electron chi connectivity index (χ1n) is 7.40. The van der Waals surface area contributed by atoms with Crippen LogP contribution in [-0.2, 0) is 15.5 Å². The van der Waals surface area contributed by atoms with E-state index in [0.717, 1.165) is 12.1 Å². The first kappa shape index (κ1) is 18.0. The Labute approximate surface area is 134 Å². The minimum Gasteiger partial charge on any atom is -0.400 e. The highest BCUT2D eigenvalue weighted by atomic mass is 19.4. The molecule has 1 aliphatic rings. The second-order valence-corrected chi connectivity index (χ2v) is 6.63. The molecule has 1 heterocycles. The summed E-state index contributed by atoms with van der Waals surface area (Å²) in [6.45, 7) is 7.76. The van der Waals surface area contributed by atoms with Crippen molar-refractivity contribution in [3.63, 3.8) is 0 Å². The first-order valence-corrected chi connectivity index (χ1v) is 7.40. The van der Waals surface area contributed by atoms with Gasteiger partial charge >= 0.3 is 13.3 Å². The predicted octanol–water partition coefficient (Wildman–Crippen LogP) is 3.68. The average molecular weight is 327 g/mol. The van der Waals surface area contributed by atoms with Crippen molar-refractivity contribution < 1.29 is 22.5 Å². The normalized spacial score (nSPS) is 20.9. The fourth-order valence-electron chi connectivity index (χ4n) is 2.24. The summed E-state index contributed by atoms with van der Waals surface area (Å²) in [5, 5.41) is 0. The molecule has 3 nitrogen and oxygen atoms in total. The molecule has 7 heteroatoms. The molecule has 0 spiro atoms. The number of benzene rings is 1. The quantitative estimate of drug-likeness (QED) is 0.862. The van der Waals surface area contributed by atoms with Gasteiger partial charge in [-0.1, -0.05) is 18.2 Å². The summed E-state index contributed by atoms with van der Waals surface area (Å²) >= 11 is 0. The van der Waals surface area contributed by atoms with Crippen LogP contribution in [0.15, 0.2) is 29.7 Å². The van der Waals surface area contributed by atoms with Crippen LogP contribution >= 0.6 is 0 Å². The molecule has 23 heavy (non-hydrogen) atoms. The van der Waals surface area contributed by atoms with Crippen molar-refractivity contribution in [1.29, 1.82) is 0 Å². The van der Waals surface area contributed by atoms with E-state index in [1.807, 2.05) is 27.7 Å². The van der Waals surface area contributed by atoms with Gasteiger partial charge in [0.15, 0.2) is 0 Å². The molecule has 1 aromatic rings. The molecule has 2 N–H and O–H groups in total. The average Bonchev–Trinajstić information content (AvgIpc) is 2.64. The Kier molecular flexibility index (Phi) is 4.68. The zero-order chi connectivity index (χ0) is 17.5. The Morgan fingerprint density at radius 2 is 1.74 bits per heavy atom. The standard InChI is InChI=1S/C16H21BF3NO2/c1-14(2)15(3,4)23-17(22-14)13(10-21)9-11-6-5-7-12(8-11)16(18,19)20/h5-9H,10,21H2,1-4H3. The van der Waals surface area contributed by atoms with Gasteiger partial charge in [-0.2, -0.15) is 13.2 Å². The third-order valence-electron chi connectivity index (χ3n) is 4.36. The minimum atomic E-state index is -4.38. The lowest BCUT2D eigenvalue weighted by Gasteiger charge is -2.32. The Morgan fingerprint density at radius 3 is 2.22 bits per heavy atom. The topological polar surface area (TPSA) is 44.5 Å². The maximum absolute atomic E-state index is 12.8. The molecule has 1 saturated heterocycles. The van der Waals surface area contributed by atoms with Crippen LogP contribution in [0.25, 0.3) is 6.08 Å². The molecule has 0 amide bonds. The van der Waals surface area contributed by atoms with Gasteiger partial charge < -0.3 is 15.0 Å². The van der Waals surface area contributed by atoms with E-state index < -0.39 is 30.1 Å². The van der Waals surface area contributed by atoms with Crippen LogP contribution in [-0.4, -0.2) is 24.9 Å². The fourth-order valence-corrected chi connectivity index (χ4v) is 2.24. The van der Waals surface area contributed by atoms with E-state index in [1.165, 1.54) is 6.07 Å². The zero-order valence-corrected chi connectivity index (χ0v) is 13.7. The van der Waals surface area contributed by atoms with Crippen LogP contribution in [0.5, 0.6) is 0 Å². The third-order valence-corrected chi connectivity index (χ3v) is 4.36. The molecule has 1 aliphatic heterocycles. The van der Waals surface area contributed by atoms with Crippen LogP contribution < -0.4 is 5.73 Å². The summed E-state index contributed by atoms with van der Waals surface area (Å²) in [5.41, 5.74) is 5.01. The highest BCUT2D eigenvalue weighted by Gasteiger charge is 2.52. The van der Waals surface area contributed by atoms with Crippen LogP contribution in [0, 0.1) is 0 Å². The molecule has 0 atom stereocenters. The SMILES string of the molecule is CC1(C)OB(C(=Cc2cccc(C(F)(F)F)c2)CN)OC1(C)C. The molecule has 1 fully saturated rings. The second kappa shape index (κ2) is 5.96. The molecular formula is C16H21BF3NO2. The van der Waals surface area contributed by atoms with Gasteiger partial charge in [-0.3, -0.25) is 0 Å². The van der Waals surface area contributed by atoms with E-state index in [2.05, 4.69) is 0 Å². The van der Waals surface area contributed by atoms with Crippen LogP contribution in [0.3, 0.4) is 0 Å². The van der Waals surface area contributed by atoms with Gasteiger partial charge in [0.2, 0.25) is 0 Å². The zero-order valence-electron chi connectivity index (χ0n) is 13.7. The van der Waals surface area contributed by atoms with Gasteiger partial charge in [-0.05, 0) is 50.9 Å². The molecule has 0 bridgehead atoms. The van der Waals surface area contributed by atoms with Crippen LogP contribution in [0.4, 0.5) is 13.2 Å². The maximum atomic E-state index is 12.8. The number of nitrogens with two attached hydrogens (primary N) is 1. The highest BCUT2D eigenvalue weighted by Crippen LogP contribution is 2.38. The number of halogens is 3. The van der Waals surface area contributed by atoms with E-state index in [9.17, 15) is 13.2 Å². The van der Waals surface area contributed by atoms with E-state index in [-0.39, 0.29) is 6.54 Å². The Morgan fingerprint density at radius 1 is 1.17 bits per heavy atom. The molecular weight excluding hydrogens is 306 g/mol. The summed E-state index contributed by atoms with van der Waals surface area (Å²) in [6.07, 6.45) is -2.78. The largest absolute Gasteiger partial charge is 0.491 e. The summed E-state index contributed by atoms with van der Waals surface area (Å²) in [6, 6.07) is 5.08. The van der Waals surface area contributed by atoms with E-state index in [0.29, 0.717) is 11.0 Å². The maximum Gasteiger partial charge on any atom is 0.491 e. The molecule has 126 valence electrons. The van der Waals surface area contributed by atoms with Crippen LogP contribution in [0.1, 0.15) is 38.8 Å². The number of alkyl halides is 3. The Hall–Kier alpha value is -1.31. The van der Waals surface area contributed by atoms with Crippen molar-refractivity contribution in [2.45, 2.75) is 45.1 Å². The Balaban J connectivity index is 2.31. The van der Waals surface area contributed by atoms with E-state index >= 15 is 0 Å². The van der Waals surface area contributed by atoms with Crippen molar-refractivity contribution >= 4 is 13.2 Å². The van der Waals surface area contributed by atoms with Crippen molar-refractivity contribution in [2.24, 2.45) is 5.73 Å². The monoisotopic (exact) mass is 327 g/mol. The lowest BCUT2D eigenvalue weighted by molar-refractivity contribution is -0.137. The third kappa shape index (κ3) is 3.79. The van der Waals surface area contributed by atoms with Gasteiger partial charge in [0.1, 0.15) is 0 Å². The number of hydrogen-bond acceptors (Lipinski definition) is 3. The molecule has 1 aromatic carbocycles. The van der Waals surface area contributed by atoms with Crippen molar-refractivity contribution in [3.8, 4) is 0 Å². The van der Waals surface area contributed by atoms with Crippen molar-refractivity contribution in [2.75, 3.05) is 6.54 Å². The Bertz CT molecular complexity index is 596. The predicted molar refractivity (Wildman–Crippen MR) is 84.6 cm³/mol. The summed E-state index contributed by atoms with van der Waals surface area (Å²) in [7, 11) is -0.667. The van der Waals surface area contributed by atoms with Crippen LogP contribution in [0.2, 0.25) is 0 Å². The molecule has 0 saturated carbocycles. The highest BCUT2D eigenvalue weighted by molar-refractivity contribution is 6.55. The summed E-state index contributed by atoms with van der Waals surface area (Å²) in [4.78, 5) is 0. The second-order valence-electron chi connectivity index (χ2n) is 6.63. The van der Waals surface area contributed by atoms with Gasteiger partial charge in [-0.25, -0.2) is 0 Å². The number of rotatable bonds is 3. The first-order chi connectivity index (χ1) is 10.5. The van der Waals surface area contributed by atoms with Gasteiger partial charge in [0.25, 0.3) is 0 Å². The van der Waals surface area contributed by atoms with Gasteiger partial charge in [0, 0.05) is 6.54 Å². The number of hydrogen-bond donors (Lipinski definition) is 1. The van der Waals surface area contributed by atoms with Gasteiger partial charge in [-0.15, -0.1) is 0 Å². The smallest absolute Gasteiger partial charge is 0.400 e. The van der Waals surface area contributed by atoms with Gasteiger partial charge in [0.05, 0.1) is 16.8 Å². The summed E-state index contributed by atoms with van der Waals surface area (Å²) < 4.78 is 50.2. The lowest BCUT2D eigenvalue weighted by atomic mass is 9.77. The molecule has 0 radical (unpaired) electrons. The molecule has 2 rings (SSSR count). The van der Waals surface area contributed by atoms with Crippen molar-refractivity contribution in [1.82, 2.24) is 0 Å².